The van der Waals surface area contributed by atoms with Crippen molar-refractivity contribution < 1.29 is 14.3 Å². The van der Waals surface area contributed by atoms with Crippen molar-refractivity contribution in [2.45, 2.75) is 26.5 Å². The summed E-state index contributed by atoms with van der Waals surface area (Å²) in [4.78, 5) is 26.3. The molecule has 150 valence electrons. The van der Waals surface area contributed by atoms with Gasteiger partial charge in [0.1, 0.15) is 11.3 Å². The highest BCUT2D eigenvalue weighted by Gasteiger charge is 2.25. The molecule has 0 saturated carbocycles. The smallest absolute Gasteiger partial charge is 0.342 e. The van der Waals surface area contributed by atoms with Gasteiger partial charge in [0.15, 0.2) is 6.10 Å². The van der Waals surface area contributed by atoms with Gasteiger partial charge in [0.05, 0.1) is 6.54 Å². The highest BCUT2D eigenvalue weighted by Crippen LogP contribution is 2.24. The molecule has 1 amide bonds. The van der Waals surface area contributed by atoms with E-state index >= 15 is 0 Å². The average molecular weight is 391 g/mol. The average Bonchev–Trinajstić information content (AvgIpc) is 3.12. The first-order valence-corrected chi connectivity index (χ1v) is 9.45. The Morgan fingerprint density at radius 2 is 1.72 bits per heavy atom. The fourth-order valence-corrected chi connectivity index (χ4v) is 2.98. The van der Waals surface area contributed by atoms with Crippen LogP contribution in [-0.2, 0) is 16.1 Å². The molecule has 0 spiro atoms. The highest BCUT2D eigenvalue weighted by atomic mass is 16.5. The van der Waals surface area contributed by atoms with Gasteiger partial charge in [-0.15, -0.1) is 0 Å². The van der Waals surface area contributed by atoms with Crippen molar-refractivity contribution in [3.8, 4) is 11.3 Å². The van der Waals surface area contributed by atoms with Crippen LogP contribution in [0.25, 0.3) is 11.3 Å². The van der Waals surface area contributed by atoms with E-state index in [1.165, 1.54) is 4.90 Å². The zero-order valence-electron chi connectivity index (χ0n) is 17.1. The quantitative estimate of drug-likeness (QED) is 0.603. The molecule has 0 bridgehead atoms. The van der Waals surface area contributed by atoms with E-state index < -0.39 is 12.1 Å². The summed E-state index contributed by atoms with van der Waals surface area (Å²) >= 11 is 0. The maximum absolute atomic E-state index is 12.9. The lowest BCUT2D eigenvalue weighted by Crippen LogP contribution is -2.34. The minimum Gasteiger partial charge on any atom is -0.449 e. The minimum atomic E-state index is -0.874. The standard InChI is InChI=1S/C23H25N3O3/c1-16-10-12-19(13-11-16)21-20(23(28)29-17(2)22(27)25(3)4)15-26(24-21)14-18-8-6-5-7-9-18/h5-13,15,17H,14H2,1-4H3. The van der Waals surface area contributed by atoms with E-state index in [0.29, 0.717) is 17.8 Å². The number of nitrogens with zero attached hydrogens (tertiary/aromatic N) is 3. The van der Waals surface area contributed by atoms with E-state index in [-0.39, 0.29) is 5.91 Å². The van der Waals surface area contributed by atoms with Gasteiger partial charge in [0, 0.05) is 25.9 Å². The predicted octanol–water partition coefficient (Wildman–Crippen LogP) is 3.54. The summed E-state index contributed by atoms with van der Waals surface area (Å²) in [6.07, 6.45) is 0.804. The molecule has 0 aliphatic heterocycles. The maximum atomic E-state index is 12.9. The molecule has 29 heavy (non-hydrogen) atoms. The predicted molar refractivity (Wildman–Crippen MR) is 112 cm³/mol. The van der Waals surface area contributed by atoms with Gasteiger partial charge in [-0.25, -0.2) is 4.79 Å². The Morgan fingerprint density at radius 3 is 2.34 bits per heavy atom. The van der Waals surface area contributed by atoms with Gasteiger partial charge >= 0.3 is 5.97 Å². The number of rotatable bonds is 6. The van der Waals surface area contributed by atoms with Gasteiger partial charge in [-0.3, -0.25) is 9.48 Å². The van der Waals surface area contributed by atoms with E-state index in [0.717, 1.165) is 16.7 Å². The number of amides is 1. The molecule has 3 rings (SSSR count). The molecular weight excluding hydrogens is 366 g/mol. The van der Waals surface area contributed by atoms with Crippen molar-refractivity contribution in [1.82, 2.24) is 14.7 Å². The molecule has 3 aromatic rings. The molecule has 0 fully saturated rings. The molecule has 6 heteroatoms. The lowest BCUT2D eigenvalue weighted by molar-refractivity contribution is -0.137. The van der Waals surface area contributed by atoms with E-state index in [1.54, 1.807) is 31.9 Å². The lowest BCUT2D eigenvalue weighted by atomic mass is 10.1. The maximum Gasteiger partial charge on any atom is 0.342 e. The molecular formula is C23H25N3O3. The Balaban J connectivity index is 1.93. The van der Waals surface area contributed by atoms with Crippen molar-refractivity contribution >= 4 is 11.9 Å². The molecule has 6 nitrogen and oxygen atoms in total. The second-order valence-electron chi connectivity index (χ2n) is 7.22. The molecule has 0 saturated heterocycles. The van der Waals surface area contributed by atoms with E-state index in [9.17, 15) is 9.59 Å². The van der Waals surface area contributed by atoms with E-state index in [1.807, 2.05) is 61.5 Å². The second-order valence-corrected chi connectivity index (χ2v) is 7.22. The number of carbonyl (C=O) groups excluding carboxylic acids is 2. The fraction of sp³-hybridized carbons (Fsp3) is 0.261. The summed E-state index contributed by atoms with van der Waals surface area (Å²) in [5.41, 5.74) is 3.88. The number of benzene rings is 2. The van der Waals surface area contributed by atoms with Crippen LogP contribution in [0.1, 0.15) is 28.4 Å². The molecule has 0 aliphatic carbocycles. The summed E-state index contributed by atoms with van der Waals surface area (Å²) in [5.74, 6) is -0.838. The van der Waals surface area contributed by atoms with E-state index in [4.69, 9.17) is 4.74 Å². The minimum absolute atomic E-state index is 0.271. The Labute approximate surface area is 170 Å². The third-order valence-corrected chi connectivity index (χ3v) is 4.57. The first kappa shape index (κ1) is 20.3. The Hall–Kier alpha value is -3.41. The largest absolute Gasteiger partial charge is 0.449 e. The van der Waals surface area contributed by atoms with Crippen LogP contribution < -0.4 is 0 Å². The van der Waals surface area contributed by atoms with Gasteiger partial charge in [-0.1, -0.05) is 60.2 Å². The number of likely N-dealkylation sites (N-methyl/N-ethyl adjacent to an activating group) is 1. The van der Waals surface area contributed by atoms with Crippen LogP contribution in [0, 0.1) is 6.92 Å². The Morgan fingerprint density at radius 1 is 1.07 bits per heavy atom. The molecule has 2 aromatic carbocycles. The summed E-state index contributed by atoms with van der Waals surface area (Å²) in [6.45, 7) is 4.10. The Bertz CT molecular complexity index is 992. The second kappa shape index (κ2) is 8.73. The monoisotopic (exact) mass is 391 g/mol. The topological polar surface area (TPSA) is 64.4 Å². The molecule has 0 radical (unpaired) electrons. The number of carbonyl (C=O) groups is 2. The van der Waals surface area contributed by atoms with Crippen LogP contribution in [-0.4, -0.2) is 46.8 Å². The molecule has 1 atom stereocenters. The normalized spacial score (nSPS) is 11.7. The summed E-state index contributed by atoms with van der Waals surface area (Å²) in [6, 6.07) is 17.7. The summed E-state index contributed by atoms with van der Waals surface area (Å²) in [7, 11) is 3.25. The molecule has 1 heterocycles. The van der Waals surface area contributed by atoms with Crippen molar-refractivity contribution in [3.63, 3.8) is 0 Å². The summed E-state index contributed by atoms with van der Waals surface area (Å²) < 4.78 is 7.15. The third-order valence-electron chi connectivity index (χ3n) is 4.57. The highest BCUT2D eigenvalue weighted by molar-refractivity contribution is 5.97. The van der Waals surface area contributed by atoms with Crippen molar-refractivity contribution in [2.75, 3.05) is 14.1 Å². The van der Waals surface area contributed by atoms with Crippen LogP contribution in [0.2, 0.25) is 0 Å². The van der Waals surface area contributed by atoms with E-state index in [2.05, 4.69) is 5.10 Å². The molecule has 1 unspecified atom stereocenters. The molecule has 1 aromatic heterocycles. The lowest BCUT2D eigenvalue weighted by Gasteiger charge is -2.17. The van der Waals surface area contributed by atoms with Crippen LogP contribution >= 0.6 is 0 Å². The van der Waals surface area contributed by atoms with Crippen molar-refractivity contribution in [3.05, 3.63) is 77.5 Å². The fourth-order valence-electron chi connectivity index (χ4n) is 2.98. The molecule has 0 N–H and O–H groups in total. The van der Waals surface area contributed by atoms with Gasteiger partial charge in [0.2, 0.25) is 0 Å². The van der Waals surface area contributed by atoms with Crippen molar-refractivity contribution in [1.29, 1.82) is 0 Å². The number of aryl methyl sites for hydroxylation is 1. The summed E-state index contributed by atoms with van der Waals surface area (Å²) in [5, 5.41) is 4.63. The Kier molecular flexibility index (Phi) is 6.12. The van der Waals surface area contributed by atoms with Crippen molar-refractivity contribution in [2.24, 2.45) is 0 Å². The van der Waals surface area contributed by atoms with Crippen LogP contribution in [0.15, 0.2) is 60.8 Å². The SMILES string of the molecule is Cc1ccc(-c2nn(Cc3ccccc3)cc2C(=O)OC(C)C(=O)N(C)C)cc1. The third kappa shape index (κ3) is 4.90. The van der Waals surface area contributed by atoms with Crippen LogP contribution in [0.5, 0.6) is 0 Å². The molecule has 0 aliphatic rings. The first-order valence-electron chi connectivity index (χ1n) is 9.45. The van der Waals surface area contributed by atoms with Gasteiger partial charge in [-0.2, -0.15) is 5.10 Å². The van der Waals surface area contributed by atoms with Crippen LogP contribution in [0.4, 0.5) is 0 Å². The van der Waals surface area contributed by atoms with Crippen LogP contribution in [0.3, 0.4) is 0 Å². The number of esters is 1. The zero-order chi connectivity index (χ0) is 21.0. The van der Waals surface area contributed by atoms with Gasteiger partial charge in [-0.05, 0) is 19.4 Å². The van der Waals surface area contributed by atoms with Gasteiger partial charge < -0.3 is 9.64 Å². The number of aromatic nitrogens is 2. The number of ether oxygens (including phenoxy) is 1. The van der Waals surface area contributed by atoms with Gasteiger partial charge in [0.25, 0.3) is 5.91 Å². The number of hydrogen-bond donors (Lipinski definition) is 0. The zero-order valence-corrected chi connectivity index (χ0v) is 17.1. The number of hydrogen-bond acceptors (Lipinski definition) is 4. The first-order chi connectivity index (χ1) is 13.8.